The molecule has 3 rings (SSSR count). The van der Waals surface area contributed by atoms with E-state index in [2.05, 4.69) is 11.2 Å². The summed E-state index contributed by atoms with van der Waals surface area (Å²) < 4.78 is 1.11. The maximum Gasteiger partial charge on any atom is 0.136 e. The number of thiocarbonyl (C=S) groups is 1. The molecule has 0 unspecified atom stereocenters. The van der Waals surface area contributed by atoms with E-state index in [4.69, 9.17) is 12.2 Å². The van der Waals surface area contributed by atoms with Crippen LogP contribution in [-0.4, -0.2) is 28.6 Å². The first kappa shape index (κ1) is 9.78. The summed E-state index contributed by atoms with van der Waals surface area (Å²) in [6, 6.07) is 0. The molecule has 0 amide bonds. The van der Waals surface area contributed by atoms with Crippen LogP contribution >= 0.6 is 24.0 Å². The quantitative estimate of drug-likeness (QED) is 0.572. The van der Waals surface area contributed by atoms with Crippen molar-refractivity contribution in [3.63, 3.8) is 0 Å². The summed E-state index contributed by atoms with van der Waals surface area (Å²) in [7, 11) is 0. The Morgan fingerprint density at radius 2 is 1.62 bits per heavy atom. The molecule has 3 fully saturated rings. The fourth-order valence-electron chi connectivity index (χ4n) is 2.57. The van der Waals surface area contributed by atoms with Crippen molar-refractivity contribution < 1.29 is 0 Å². The van der Waals surface area contributed by atoms with Crippen LogP contribution in [0.4, 0.5) is 0 Å². The molecule has 13 heavy (non-hydrogen) atoms. The normalized spacial score (nSPS) is 33.2. The van der Waals surface area contributed by atoms with Crippen LogP contribution in [0.2, 0.25) is 0 Å². The summed E-state index contributed by atoms with van der Waals surface area (Å²) in [6.07, 6.45) is 7.86. The predicted octanol–water partition coefficient (Wildman–Crippen LogP) is 2.76. The average Bonchev–Trinajstić information content (AvgIpc) is 2.49. The Hall–Kier alpha value is 0.240. The van der Waals surface area contributed by atoms with E-state index in [1.165, 1.54) is 38.8 Å². The molecule has 0 atom stereocenters. The van der Waals surface area contributed by atoms with Gasteiger partial charge in [0.1, 0.15) is 4.32 Å². The Bertz CT molecular complexity index is 183. The van der Waals surface area contributed by atoms with Gasteiger partial charge >= 0.3 is 0 Å². The second-order valence-electron chi connectivity index (χ2n) is 4.26. The summed E-state index contributed by atoms with van der Waals surface area (Å²) in [5, 5.41) is 0. The zero-order valence-corrected chi connectivity index (χ0v) is 9.79. The molecule has 1 aliphatic carbocycles. The lowest BCUT2D eigenvalue weighted by Gasteiger charge is -2.23. The van der Waals surface area contributed by atoms with E-state index >= 15 is 0 Å². The first-order valence-electron chi connectivity index (χ1n) is 5.12. The molecule has 74 valence electrons. The second kappa shape index (κ2) is 4.18. The Morgan fingerprint density at radius 1 is 1.15 bits per heavy atom. The van der Waals surface area contributed by atoms with E-state index in [0.717, 1.165) is 16.2 Å². The highest BCUT2D eigenvalue weighted by molar-refractivity contribution is 8.22. The number of hydrogen-bond acceptors (Lipinski definition) is 2. The molecule has 0 aromatic heterocycles. The SMILES string of the molecule is CSC(=S)N1CC2CCC(CC2)C1. The highest BCUT2D eigenvalue weighted by Gasteiger charge is 2.29. The van der Waals surface area contributed by atoms with E-state index in [9.17, 15) is 0 Å². The van der Waals surface area contributed by atoms with Gasteiger partial charge in [-0.2, -0.15) is 0 Å². The topological polar surface area (TPSA) is 3.24 Å². The Labute approximate surface area is 90.3 Å². The molecule has 2 aliphatic heterocycles. The molecule has 3 aliphatic rings. The van der Waals surface area contributed by atoms with Crippen molar-refractivity contribution in [2.24, 2.45) is 11.8 Å². The van der Waals surface area contributed by atoms with E-state index in [1.54, 1.807) is 11.8 Å². The van der Waals surface area contributed by atoms with Crippen molar-refractivity contribution in [1.82, 2.24) is 4.90 Å². The van der Waals surface area contributed by atoms with Gasteiger partial charge in [0.2, 0.25) is 0 Å². The maximum absolute atomic E-state index is 5.36. The Kier molecular flexibility index (Phi) is 3.14. The summed E-state index contributed by atoms with van der Waals surface area (Å²) >= 11 is 7.09. The van der Waals surface area contributed by atoms with Crippen molar-refractivity contribution in [3.8, 4) is 0 Å². The fraction of sp³-hybridized carbons (Fsp3) is 0.900. The minimum Gasteiger partial charge on any atom is -0.357 e. The van der Waals surface area contributed by atoms with Gasteiger partial charge in [-0.3, -0.25) is 0 Å². The number of fused-ring (bicyclic) bond motifs is 4. The molecule has 0 N–H and O–H groups in total. The highest BCUT2D eigenvalue weighted by Crippen LogP contribution is 2.34. The van der Waals surface area contributed by atoms with Gasteiger partial charge in [0, 0.05) is 13.1 Å². The van der Waals surface area contributed by atoms with Crippen molar-refractivity contribution >= 4 is 28.3 Å². The Balaban J connectivity index is 2.03. The number of nitrogens with zero attached hydrogens (tertiary/aromatic N) is 1. The predicted molar refractivity (Wildman–Crippen MR) is 63.1 cm³/mol. The van der Waals surface area contributed by atoms with Crippen molar-refractivity contribution in [2.45, 2.75) is 25.7 Å². The van der Waals surface area contributed by atoms with Gasteiger partial charge in [-0.1, -0.05) is 12.2 Å². The third kappa shape index (κ3) is 2.18. The molecule has 1 saturated carbocycles. The van der Waals surface area contributed by atoms with Gasteiger partial charge in [0.25, 0.3) is 0 Å². The fourth-order valence-corrected chi connectivity index (χ4v) is 3.13. The number of thioether (sulfide) groups is 1. The summed E-state index contributed by atoms with van der Waals surface area (Å²) in [4.78, 5) is 2.44. The first-order valence-corrected chi connectivity index (χ1v) is 6.76. The van der Waals surface area contributed by atoms with Gasteiger partial charge < -0.3 is 4.90 Å². The minimum absolute atomic E-state index is 0.934. The molecule has 0 aromatic rings. The molecule has 1 nitrogen and oxygen atoms in total. The minimum atomic E-state index is 0.934. The van der Waals surface area contributed by atoms with Gasteiger partial charge in [-0.25, -0.2) is 0 Å². The second-order valence-corrected chi connectivity index (χ2v) is 5.70. The van der Waals surface area contributed by atoms with E-state index in [0.29, 0.717) is 0 Å². The van der Waals surface area contributed by atoms with E-state index in [-0.39, 0.29) is 0 Å². The van der Waals surface area contributed by atoms with Crippen molar-refractivity contribution in [2.75, 3.05) is 19.3 Å². The van der Waals surface area contributed by atoms with Gasteiger partial charge in [-0.05, 0) is 43.8 Å². The first-order chi connectivity index (χ1) is 6.29. The van der Waals surface area contributed by atoms with Crippen LogP contribution in [0.5, 0.6) is 0 Å². The number of rotatable bonds is 0. The molecule has 0 aromatic carbocycles. The lowest BCUT2D eigenvalue weighted by atomic mass is 9.84. The van der Waals surface area contributed by atoms with Crippen molar-refractivity contribution in [3.05, 3.63) is 0 Å². The third-order valence-corrected chi connectivity index (χ3v) is 4.72. The van der Waals surface area contributed by atoms with Gasteiger partial charge in [0.15, 0.2) is 0 Å². The maximum atomic E-state index is 5.36. The monoisotopic (exact) mass is 215 g/mol. The van der Waals surface area contributed by atoms with Crippen LogP contribution in [0.25, 0.3) is 0 Å². The van der Waals surface area contributed by atoms with Crippen LogP contribution in [-0.2, 0) is 0 Å². The van der Waals surface area contributed by atoms with Crippen molar-refractivity contribution in [1.29, 1.82) is 0 Å². The Morgan fingerprint density at radius 3 is 2.00 bits per heavy atom. The molecular weight excluding hydrogens is 198 g/mol. The third-order valence-electron chi connectivity index (χ3n) is 3.36. The van der Waals surface area contributed by atoms with Crippen LogP contribution in [0.3, 0.4) is 0 Å². The summed E-state index contributed by atoms with van der Waals surface area (Å²) in [5.74, 6) is 1.87. The largest absolute Gasteiger partial charge is 0.357 e. The van der Waals surface area contributed by atoms with E-state index < -0.39 is 0 Å². The molecule has 2 saturated heterocycles. The van der Waals surface area contributed by atoms with Crippen LogP contribution in [0, 0.1) is 11.8 Å². The lowest BCUT2D eigenvalue weighted by molar-refractivity contribution is 0.326. The molecule has 3 heteroatoms. The van der Waals surface area contributed by atoms with Crippen LogP contribution < -0.4 is 0 Å². The van der Waals surface area contributed by atoms with Gasteiger partial charge in [0.05, 0.1) is 0 Å². The molecule has 2 bridgehead atoms. The summed E-state index contributed by atoms with van der Waals surface area (Å²) in [6.45, 7) is 2.46. The standard InChI is InChI=1S/C10H17NS2/c1-13-10(12)11-6-8-2-3-9(7-11)5-4-8/h8-9H,2-7H2,1H3. The van der Waals surface area contributed by atoms with E-state index in [1.807, 2.05) is 0 Å². The molecular formula is C10H17NS2. The van der Waals surface area contributed by atoms with Crippen LogP contribution in [0.15, 0.2) is 0 Å². The lowest BCUT2D eigenvalue weighted by Crippen LogP contribution is -2.31. The summed E-state index contributed by atoms with van der Waals surface area (Å²) in [5.41, 5.74) is 0. The highest BCUT2D eigenvalue weighted by atomic mass is 32.2. The zero-order valence-electron chi connectivity index (χ0n) is 8.16. The molecule has 0 radical (unpaired) electrons. The molecule has 2 heterocycles. The number of hydrogen-bond donors (Lipinski definition) is 0. The average molecular weight is 215 g/mol. The zero-order chi connectivity index (χ0) is 9.26. The smallest absolute Gasteiger partial charge is 0.136 e. The molecule has 0 spiro atoms. The van der Waals surface area contributed by atoms with Crippen LogP contribution in [0.1, 0.15) is 25.7 Å². The van der Waals surface area contributed by atoms with Gasteiger partial charge in [-0.15, -0.1) is 11.8 Å².